The SMILES string of the molecule is C=C/C=C/C(=N\C(=N/C)c1cccc(OC)n1)Nc1ccnc(NCCC(C)(C)O)c1. The van der Waals surface area contributed by atoms with Gasteiger partial charge in [0, 0.05) is 37.6 Å². The minimum absolute atomic E-state index is 0.452. The second-order valence-corrected chi connectivity index (χ2v) is 7.25. The topological polar surface area (TPSA) is 104 Å². The molecule has 8 heteroatoms. The fourth-order valence-corrected chi connectivity index (χ4v) is 2.50. The third-order valence-electron chi connectivity index (χ3n) is 4.07. The van der Waals surface area contributed by atoms with Crippen molar-refractivity contribution < 1.29 is 9.84 Å². The van der Waals surface area contributed by atoms with E-state index < -0.39 is 5.60 Å². The van der Waals surface area contributed by atoms with Crippen LogP contribution in [0, 0.1) is 0 Å². The first-order valence-electron chi connectivity index (χ1n) is 9.90. The van der Waals surface area contributed by atoms with E-state index in [-0.39, 0.29) is 0 Å². The summed E-state index contributed by atoms with van der Waals surface area (Å²) in [5, 5.41) is 16.3. The molecule has 0 saturated heterocycles. The number of aromatic nitrogens is 2. The second kappa shape index (κ2) is 11.6. The Kier molecular flexibility index (Phi) is 8.90. The second-order valence-electron chi connectivity index (χ2n) is 7.25. The monoisotopic (exact) mass is 422 g/mol. The van der Waals surface area contributed by atoms with Gasteiger partial charge in [0.05, 0.1) is 12.7 Å². The molecule has 0 amide bonds. The summed E-state index contributed by atoms with van der Waals surface area (Å²) in [5.41, 5.74) is 0.654. The highest BCUT2D eigenvalue weighted by molar-refractivity contribution is 6.13. The molecule has 2 heterocycles. The molecule has 31 heavy (non-hydrogen) atoms. The molecule has 0 saturated carbocycles. The molecule has 0 atom stereocenters. The number of hydrogen-bond donors (Lipinski definition) is 3. The summed E-state index contributed by atoms with van der Waals surface area (Å²) < 4.78 is 5.19. The molecule has 0 aromatic carbocycles. The number of methoxy groups -OCH3 is 1. The smallest absolute Gasteiger partial charge is 0.213 e. The van der Waals surface area contributed by atoms with Crippen molar-refractivity contribution >= 4 is 23.2 Å². The summed E-state index contributed by atoms with van der Waals surface area (Å²) in [4.78, 5) is 17.6. The van der Waals surface area contributed by atoms with Gasteiger partial charge in [-0.15, -0.1) is 0 Å². The summed E-state index contributed by atoms with van der Waals surface area (Å²) in [6.07, 6.45) is 7.54. The molecule has 3 N–H and O–H groups in total. The van der Waals surface area contributed by atoms with Crippen molar-refractivity contribution in [3.63, 3.8) is 0 Å². The van der Waals surface area contributed by atoms with Crippen LogP contribution in [-0.2, 0) is 0 Å². The molecule has 0 fully saturated rings. The minimum atomic E-state index is -0.734. The van der Waals surface area contributed by atoms with Gasteiger partial charge in [-0.05, 0) is 38.5 Å². The number of allylic oxidation sites excluding steroid dienone is 2. The largest absolute Gasteiger partial charge is 0.481 e. The normalized spacial score (nSPS) is 12.7. The van der Waals surface area contributed by atoms with Gasteiger partial charge in [0.2, 0.25) is 5.88 Å². The summed E-state index contributed by atoms with van der Waals surface area (Å²) in [7, 11) is 3.22. The predicted octanol–water partition coefficient (Wildman–Crippen LogP) is 3.69. The Bertz CT molecular complexity index is 961. The summed E-state index contributed by atoms with van der Waals surface area (Å²) in [6, 6.07) is 9.13. The van der Waals surface area contributed by atoms with E-state index in [1.807, 2.05) is 24.3 Å². The van der Waals surface area contributed by atoms with E-state index in [9.17, 15) is 5.11 Å². The number of rotatable bonds is 9. The molecular formula is C23H30N6O2. The highest BCUT2D eigenvalue weighted by Gasteiger charge is 2.11. The van der Waals surface area contributed by atoms with Crippen LogP contribution in [-0.4, -0.2) is 53.0 Å². The molecule has 0 unspecified atom stereocenters. The molecule has 0 spiro atoms. The first kappa shape index (κ1) is 23.8. The third-order valence-corrected chi connectivity index (χ3v) is 4.07. The quantitative estimate of drug-likeness (QED) is 0.323. The van der Waals surface area contributed by atoms with Crippen molar-refractivity contribution in [3.8, 4) is 5.88 Å². The van der Waals surface area contributed by atoms with Crippen molar-refractivity contribution in [2.24, 2.45) is 9.98 Å². The molecule has 0 aliphatic heterocycles. The molecule has 164 valence electrons. The zero-order valence-electron chi connectivity index (χ0n) is 18.5. The Labute approximate surface area is 183 Å². The fourth-order valence-electron chi connectivity index (χ4n) is 2.50. The van der Waals surface area contributed by atoms with E-state index >= 15 is 0 Å². The molecule has 2 rings (SSSR count). The fraction of sp³-hybridized carbons (Fsp3) is 0.304. The lowest BCUT2D eigenvalue weighted by Gasteiger charge is -2.17. The van der Waals surface area contributed by atoms with Crippen LogP contribution in [0.5, 0.6) is 5.88 Å². The van der Waals surface area contributed by atoms with Crippen molar-refractivity contribution in [1.82, 2.24) is 9.97 Å². The first-order valence-corrected chi connectivity index (χ1v) is 9.90. The van der Waals surface area contributed by atoms with Gasteiger partial charge < -0.3 is 20.5 Å². The summed E-state index contributed by atoms with van der Waals surface area (Å²) >= 11 is 0. The van der Waals surface area contributed by atoms with Crippen LogP contribution in [0.2, 0.25) is 0 Å². The molecule has 2 aromatic rings. The van der Waals surface area contributed by atoms with Gasteiger partial charge in [0.25, 0.3) is 0 Å². The minimum Gasteiger partial charge on any atom is -0.481 e. The number of aliphatic hydroxyl groups is 1. The number of nitrogens with zero attached hydrogens (tertiary/aromatic N) is 4. The molecule has 2 aromatic heterocycles. The highest BCUT2D eigenvalue weighted by atomic mass is 16.5. The lowest BCUT2D eigenvalue weighted by Crippen LogP contribution is -2.22. The van der Waals surface area contributed by atoms with E-state index in [1.165, 1.54) is 0 Å². The number of anilines is 2. The standard InChI is InChI=1S/C23H30N6O2/c1-6-7-10-19(29-22(24-4)18-9-8-11-21(28-18)31-5)27-17-12-14-25-20(16-17)26-15-13-23(2,3)30/h6-12,14,16,30H,1,13,15H2,2-5H3,(H2,24,25,26,27,29)/b10-7+. The van der Waals surface area contributed by atoms with Crippen LogP contribution in [0.4, 0.5) is 11.5 Å². The van der Waals surface area contributed by atoms with Gasteiger partial charge >= 0.3 is 0 Å². The zero-order valence-corrected chi connectivity index (χ0v) is 18.5. The lowest BCUT2D eigenvalue weighted by molar-refractivity contribution is 0.0748. The van der Waals surface area contributed by atoms with Crippen LogP contribution in [0.25, 0.3) is 0 Å². The number of hydrogen-bond acceptors (Lipinski definition) is 6. The van der Waals surface area contributed by atoms with Gasteiger partial charge in [-0.25, -0.2) is 15.0 Å². The number of ether oxygens (including phenoxy) is 1. The Hall–Kier alpha value is -3.52. The number of pyridine rings is 2. The van der Waals surface area contributed by atoms with Crippen molar-refractivity contribution in [3.05, 3.63) is 67.0 Å². The third kappa shape index (κ3) is 8.39. The Morgan fingerprint density at radius 3 is 2.81 bits per heavy atom. The molecule has 0 bridgehead atoms. The molecule has 0 radical (unpaired) electrons. The van der Waals surface area contributed by atoms with Crippen LogP contribution in [0.1, 0.15) is 26.0 Å². The van der Waals surface area contributed by atoms with Gasteiger partial charge in [-0.2, -0.15) is 0 Å². The Morgan fingerprint density at radius 2 is 2.13 bits per heavy atom. The van der Waals surface area contributed by atoms with Crippen LogP contribution in [0.3, 0.4) is 0 Å². The van der Waals surface area contributed by atoms with Gasteiger partial charge in [0.15, 0.2) is 5.84 Å². The van der Waals surface area contributed by atoms with Crippen LogP contribution < -0.4 is 15.4 Å². The van der Waals surface area contributed by atoms with E-state index in [2.05, 4.69) is 37.2 Å². The summed E-state index contributed by atoms with van der Waals surface area (Å²) in [5.74, 6) is 2.19. The number of aliphatic imine (C=N–C) groups is 2. The van der Waals surface area contributed by atoms with E-state index in [4.69, 9.17) is 4.74 Å². The summed E-state index contributed by atoms with van der Waals surface area (Å²) in [6.45, 7) is 7.87. The molecule has 0 aliphatic carbocycles. The van der Waals surface area contributed by atoms with E-state index in [0.717, 1.165) is 5.69 Å². The Morgan fingerprint density at radius 1 is 1.32 bits per heavy atom. The lowest BCUT2D eigenvalue weighted by atomic mass is 10.1. The number of amidine groups is 2. The Balaban J connectivity index is 2.23. The average molecular weight is 423 g/mol. The average Bonchev–Trinajstić information content (AvgIpc) is 2.75. The molecule has 8 nitrogen and oxygen atoms in total. The zero-order chi connectivity index (χ0) is 22.7. The van der Waals surface area contributed by atoms with Crippen molar-refractivity contribution in [1.29, 1.82) is 0 Å². The van der Waals surface area contributed by atoms with Gasteiger partial charge in [-0.3, -0.25) is 4.99 Å². The maximum absolute atomic E-state index is 9.86. The van der Waals surface area contributed by atoms with E-state index in [0.29, 0.717) is 42.0 Å². The van der Waals surface area contributed by atoms with E-state index in [1.54, 1.807) is 58.5 Å². The molecule has 0 aliphatic rings. The van der Waals surface area contributed by atoms with Crippen LogP contribution in [0.15, 0.2) is 71.3 Å². The van der Waals surface area contributed by atoms with Crippen LogP contribution >= 0.6 is 0 Å². The van der Waals surface area contributed by atoms with Gasteiger partial charge in [0.1, 0.15) is 17.3 Å². The maximum Gasteiger partial charge on any atom is 0.213 e. The maximum atomic E-state index is 9.86. The first-order chi connectivity index (χ1) is 14.8. The molecular weight excluding hydrogens is 392 g/mol. The van der Waals surface area contributed by atoms with Crippen molar-refractivity contribution in [2.45, 2.75) is 25.9 Å². The van der Waals surface area contributed by atoms with Gasteiger partial charge in [-0.1, -0.05) is 24.8 Å². The highest BCUT2D eigenvalue weighted by Crippen LogP contribution is 2.15. The predicted molar refractivity (Wildman–Crippen MR) is 127 cm³/mol. The number of nitrogens with one attached hydrogen (secondary N) is 2. The van der Waals surface area contributed by atoms with Crippen molar-refractivity contribution in [2.75, 3.05) is 31.3 Å².